The molecule has 0 spiro atoms. The Hall–Kier alpha value is -1.91. The van der Waals surface area contributed by atoms with Crippen molar-refractivity contribution >= 4 is 17.1 Å². The van der Waals surface area contributed by atoms with Gasteiger partial charge in [-0.05, 0) is 57.1 Å². The van der Waals surface area contributed by atoms with E-state index in [-0.39, 0.29) is 10.6 Å². The number of rotatable bonds is 4. The lowest BCUT2D eigenvalue weighted by Crippen LogP contribution is -2.45. The van der Waals surface area contributed by atoms with Gasteiger partial charge in [0.2, 0.25) is 0 Å². The summed E-state index contributed by atoms with van der Waals surface area (Å²) < 4.78 is 2.51. The predicted octanol–water partition coefficient (Wildman–Crippen LogP) is 4.26. The van der Waals surface area contributed by atoms with Gasteiger partial charge in [0.15, 0.2) is 11.8 Å². The Morgan fingerprint density at radius 2 is 1.76 bits per heavy atom. The Labute approximate surface area is 149 Å². The van der Waals surface area contributed by atoms with Gasteiger partial charge in [0.25, 0.3) is 5.69 Å². The number of nitrogens with zero attached hydrogens (tertiary/aromatic N) is 3. The van der Waals surface area contributed by atoms with Gasteiger partial charge >= 0.3 is 0 Å². The molecule has 2 fully saturated rings. The van der Waals surface area contributed by atoms with E-state index in [0.717, 1.165) is 17.5 Å². The van der Waals surface area contributed by atoms with Crippen molar-refractivity contribution in [3.63, 3.8) is 0 Å². The first-order chi connectivity index (χ1) is 11.9. The SMILES string of the molecule is CC(C)C1=[N+](C(C)C)N(c2ccc([N+](=O)[O-])cc2)[C@H]2[C@@H]3CC[C@@H](C3)[C@@H]12. The molecule has 1 aromatic carbocycles. The summed E-state index contributed by atoms with van der Waals surface area (Å²) in [4.78, 5) is 10.7. The lowest BCUT2D eigenvalue weighted by molar-refractivity contribution is -0.570. The van der Waals surface area contributed by atoms with Gasteiger partial charge in [0, 0.05) is 18.1 Å². The van der Waals surface area contributed by atoms with Crippen molar-refractivity contribution in [3.8, 4) is 0 Å². The summed E-state index contributed by atoms with van der Waals surface area (Å²) in [5, 5.41) is 13.5. The average molecular weight is 342 g/mol. The third-order valence-corrected chi connectivity index (χ3v) is 6.40. The second-order valence-corrected chi connectivity index (χ2v) is 8.49. The Bertz CT molecular complexity index is 723. The number of nitro groups is 1. The van der Waals surface area contributed by atoms with Gasteiger partial charge in [0.1, 0.15) is 6.04 Å². The third kappa shape index (κ3) is 2.39. The van der Waals surface area contributed by atoms with E-state index in [9.17, 15) is 10.1 Å². The molecule has 1 aromatic rings. The quantitative estimate of drug-likeness (QED) is 0.466. The number of non-ortho nitro benzene ring substituents is 1. The second kappa shape index (κ2) is 5.82. The molecule has 5 nitrogen and oxygen atoms in total. The summed E-state index contributed by atoms with van der Waals surface area (Å²) in [5.74, 6) is 2.74. The summed E-state index contributed by atoms with van der Waals surface area (Å²) in [7, 11) is 0. The molecule has 3 aliphatic rings. The van der Waals surface area contributed by atoms with E-state index >= 15 is 0 Å². The Balaban J connectivity index is 1.82. The molecule has 0 aromatic heterocycles. The van der Waals surface area contributed by atoms with E-state index in [4.69, 9.17) is 0 Å². The van der Waals surface area contributed by atoms with Crippen LogP contribution in [0.3, 0.4) is 0 Å². The maximum Gasteiger partial charge on any atom is 0.269 e. The number of hydrazine groups is 1. The van der Waals surface area contributed by atoms with E-state index < -0.39 is 0 Å². The number of anilines is 1. The molecule has 25 heavy (non-hydrogen) atoms. The molecule has 0 radical (unpaired) electrons. The Kier molecular flexibility index (Phi) is 3.85. The zero-order valence-electron chi connectivity index (χ0n) is 15.6. The largest absolute Gasteiger partial charge is 0.269 e. The van der Waals surface area contributed by atoms with Crippen molar-refractivity contribution in [2.45, 2.75) is 59.0 Å². The molecule has 0 N–H and O–H groups in total. The first-order valence-corrected chi connectivity index (χ1v) is 9.59. The van der Waals surface area contributed by atoms with Crippen LogP contribution in [0.2, 0.25) is 0 Å². The van der Waals surface area contributed by atoms with Gasteiger partial charge in [-0.15, -0.1) is 9.69 Å². The number of nitro benzene ring substituents is 1. The topological polar surface area (TPSA) is 49.4 Å². The molecular weight excluding hydrogens is 314 g/mol. The summed E-state index contributed by atoms with van der Waals surface area (Å²) in [5.41, 5.74) is 2.83. The van der Waals surface area contributed by atoms with Gasteiger partial charge < -0.3 is 0 Å². The minimum atomic E-state index is -0.319. The smallest absolute Gasteiger partial charge is 0.258 e. The van der Waals surface area contributed by atoms with Crippen LogP contribution in [0.25, 0.3) is 0 Å². The number of benzene rings is 1. The van der Waals surface area contributed by atoms with Gasteiger partial charge in [-0.2, -0.15) is 0 Å². The zero-order chi connectivity index (χ0) is 17.9. The van der Waals surface area contributed by atoms with Crippen LogP contribution in [0.4, 0.5) is 11.4 Å². The molecule has 4 rings (SSSR count). The van der Waals surface area contributed by atoms with Crippen LogP contribution in [0.1, 0.15) is 47.0 Å². The van der Waals surface area contributed by atoms with Crippen molar-refractivity contribution in [2.24, 2.45) is 23.7 Å². The summed E-state index contributed by atoms with van der Waals surface area (Å²) in [6, 6.07) is 8.06. The molecule has 0 saturated heterocycles. The zero-order valence-corrected chi connectivity index (χ0v) is 15.6. The van der Waals surface area contributed by atoms with Crippen LogP contribution in [0, 0.1) is 33.8 Å². The second-order valence-electron chi connectivity index (χ2n) is 8.49. The normalized spacial score (nSPS) is 30.7. The van der Waals surface area contributed by atoms with Gasteiger partial charge in [-0.25, -0.2) is 0 Å². The fraction of sp³-hybridized carbons (Fsp3) is 0.650. The molecule has 4 atom stereocenters. The molecule has 2 aliphatic carbocycles. The lowest BCUT2D eigenvalue weighted by atomic mass is 9.79. The van der Waals surface area contributed by atoms with Gasteiger partial charge in [-0.3, -0.25) is 10.1 Å². The van der Waals surface area contributed by atoms with Gasteiger partial charge in [0.05, 0.1) is 16.5 Å². The summed E-state index contributed by atoms with van der Waals surface area (Å²) in [6.45, 7) is 9.13. The molecule has 2 bridgehead atoms. The van der Waals surface area contributed by atoms with Crippen molar-refractivity contribution in [2.75, 3.05) is 5.01 Å². The van der Waals surface area contributed by atoms with E-state index in [2.05, 4.69) is 37.4 Å². The van der Waals surface area contributed by atoms with Crippen LogP contribution in [0.15, 0.2) is 24.3 Å². The summed E-state index contributed by atoms with van der Waals surface area (Å²) in [6.07, 6.45) is 4.04. The van der Waals surface area contributed by atoms with Crippen LogP contribution in [-0.4, -0.2) is 27.4 Å². The summed E-state index contributed by atoms with van der Waals surface area (Å²) >= 11 is 0. The Morgan fingerprint density at radius 1 is 1.12 bits per heavy atom. The van der Waals surface area contributed by atoms with Crippen LogP contribution in [-0.2, 0) is 0 Å². The van der Waals surface area contributed by atoms with Crippen molar-refractivity contribution < 1.29 is 9.61 Å². The van der Waals surface area contributed by atoms with E-state index in [1.54, 1.807) is 17.8 Å². The maximum absolute atomic E-state index is 11.0. The van der Waals surface area contributed by atoms with E-state index in [1.807, 2.05) is 12.1 Å². The molecule has 5 heteroatoms. The maximum atomic E-state index is 11.0. The highest BCUT2D eigenvalue weighted by Crippen LogP contribution is 2.55. The highest BCUT2D eigenvalue weighted by molar-refractivity contribution is 5.88. The number of hydrogen-bond donors (Lipinski definition) is 0. The number of hydrazone groups is 1. The van der Waals surface area contributed by atoms with E-state index in [0.29, 0.717) is 23.9 Å². The minimum absolute atomic E-state index is 0.164. The van der Waals surface area contributed by atoms with Crippen molar-refractivity contribution in [1.29, 1.82) is 0 Å². The molecular formula is C20H28N3O2+. The lowest BCUT2D eigenvalue weighted by Gasteiger charge is -2.29. The molecule has 1 heterocycles. The van der Waals surface area contributed by atoms with Gasteiger partial charge in [-0.1, -0.05) is 13.8 Å². The predicted molar refractivity (Wildman–Crippen MR) is 98.9 cm³/mol. The third-order valence-electron chi connectivity index (χ3n) is 6.40. The van der Waals surface area contributed by atoms with Crippen molar-refractivity contribution in [1.82, 2.24) is 0 Å². The molecule has 2 saturated carbocycles. The first kappa shape index (κ1) is 16.6. The highest BCUT2D eigenvalue weighted by Gasteiger charge is 2.62. The molecule has 0 amide bonds. The first-order valence-electron chi connectivity index (χ1n) is 9.59. The Morgan fingerprint density at radius 3 is 2.32 bits per heavy atom. The standard InChI is InChI=1S/C20H28N3O2/c1-12(2)19-18-14-5-6-15(11-14)20(18)22(21(19)13(3)4)16-7-9-17(10-8-16)23(24)25/h7-10,12-15,18,20H,5-6,11H2,1-4H3/q+1/t14-,15+,18-,20-/m0/s1. The van der Waals surface area contributed by atoms with Crippen molar-refractivity contribution in [3.05, 3.63) is 34.4 Å². The van der Waals surface area contributed by atoms with Crippen LogP contribution >= 0.6 is 0 Å². The minimum Gasteiger partial charge on any atom is -0.258 e. The van der Waals surface area contributed by atoms with E-state index in [1.165, 1.54) is 19.3 Å². The van der Waals surface area contributed by atoms with Crippen LogP contribution < -0.4 is 5.01 Å². The average Bonchev–Trinajstić information content (AvgIpc) is 3.25. The molecule has 1 aliphatic heterocycles. The molecule has 0 unspecified atom stereocenters. The molecule has 134 valence electrons. The fourth-order valence-electron chi connectivity index (χ4n) is 5.67. The monoisotopic (exact) mass is 342 g/mol. The number of hydrogen-bond acceptors (Lipinski definition) is 3. The highest BCUT2D eigenvalue weighted by atomic mass is 16.6. The number of fused-ring (bicyclic) bond motifs is 5. The fourth-order valence-corrected chi connectivity index (χ4v) is 5.67. The van der Waals surface area contributed by atoms with Crippen LogP contribution in [0.5, 0.6) is 0 Å².